The summed E-state index contributed by atoms with van der Waals surface area (Å²) in [6, 6.07) is 5.21. The van der Waals surface area contributed by atoms with Gasteiger partial charge in [-0.05, 0) is 13.0 Å². The summed E-state index contributed by atoms with van der Waals surface area (Å²) in [5, 5.41) is 9.08. The van der Waals surface area contributed by atoms with E-state index in [0.29, 0.717) is 23.7 Å². The van der Waals surface area contributed by atoms with Crippen molar-refractivity contribution in [3.8, 4) is 11.5 Å². The number of aliphatic hydroxyl groups is 1. The summed E-state index contributed by atoms with van der Waals surface area (Å²) in [5.74, 6) is 0.969. The maximum Gasteiger partial charge on any atom is 0.166 e. The molecule has 1 N–H and O–H groups in total. The standard InChI is InChI=1S/C11H15FO3/c1-2-14-10-5-3-4-9(8-13)11(10)15-7-6-12/h3-5,13H,2,6-8H2,1H3. The predicted molar refractivity (Wildman–Crippen MR) is 55.0 cm³/mol. The Morgan fingerprint density at radius 3 is 2.73 bits per heavy atom. The summed E-state index contributed by atoms with van der Waals surface area (Å²) < 4.78 is 22.5. The highest BCUT2D eigenvalue weighted by molar-refractivity contribution is 5.46. The second-order valence-electron chi connectivity index (χ2n) is 2.87. The van der Waals surface area contributed by atoms with Crippen LogP contribution in [0, 0.1) is 0 Å². The third-order valence-electron chi connectivity index (χ3n) is 1.85. The Morgan fingerprint density at radius 1 is 1.33 bits per heavy atom. The fourth-order valence-corrected chi connectivity index (χ4v) is 1.26. The van der Waals surface area contributed by atoms with Gasteiger partial charge in [0, 0.05) is 5.56 Å². The van der Waals surface area contributed by atoms with Gasteiger partial charge in [-0.25, -0.2) is 4.39 Å². The molecule has 0 heterocycles. The van der Waals surface area contributed by atoms with Crippen molar-refractivity contribution >= 4 is 0 Å². The Balaban J connectivity index is 2.92. The van der Waals surface area contributed by atoms with Crippen LogP contribution in [0.15, 0.2) is 18.2 Å². The van der Waals surface area contributed by atoms with Crippen LogP contribution in [0.25, 0.3) is 0 Å². The molecule has 4 heteroatoms. The molecule has 0 saturated heterocycles. The molecule has 84 valence electrons. The lowest BCUT2D eigenvalue weighted by molar-refractivity contribution is 0.233. The number of benzene rings is 1. The quantitative estimate of drug-likeness (QED) is 0.786. The minimum absolute atomic E-state index is 0.0307. The predicted octanol–water partition coefficient (Wildman–Crippen LogP) is 1.93. The fraction of sp³-hybridized carbons (Fsp3) is 0.455. The number of halogens is 1. The first-order valence-corrected chi connectivity index (χ1v) is 4.87. The minimum Gasteiger partial charge on any atom is -0.490 e. The highest BCUT2D eigenvalue weighted by Gasteiger charge is 2.09. The molecular formula is C11H15FO3. The summed E-state index contributed by atoms with van der Waals surface area (Å²) >= 11 is 0. The zero-order valence-electron chi connectivity index (χ0n) is 8.70. The molecule has 0 aromatic heterocycles. The lowest BCUT2D eigenvalue weighted by Gasteiger charge is -2.13. The molecular weight excluding hydrogens is 199 g/mol. The van der Waals surface area contributed by atoms with E-state index in [1.54, 1.807) is 18.2 Å². The average molecular weight is 214 g/mol. The summed E-state index contributed by atoms with van der Waals surface area (Å²) in [4.78, 5) is 0. The molecule has 15 heavy (non-hydrogen) atoms. The Kier molecular flexibility index (Phi) is 4.90. The monoisotopic (exact) mass is 214 g/mol. The van der Waals surface area contributed by atoms with Gasteiger partial charge in [-0.15, -0.1) is 0 Å². The van der Waals surface area contributed by atoms with Gasteiger partial charge in [-0.2, -0.15) is 0 Å². The normalized spacial score (nSPS) is 10.1. The van der Waals surface area contributed by atoms with E-state index in [1.165, 1.54) is 0 Å². The molecule has 0 radical (unpaired) electrons. The van der Waals surface area contributed by atoms with E-state index in [0.717, 1.165) is 0 Å². The van der Waals surface area contributed by atoms with Crippen LogP contribution in [0.2, 0.25) is 0 Å². The molecule has 0 unspecified atom stereocenters. The van der Waals surface area contributed by atoms with Crippen LogP contribution in [-0.4, -0.2) is 25.0 Å². The molecule has 0 amide bonds. The largest absolute Gasteiger partial charge is 0.490 e. The van der Waals surface area contributed by atoms with E-state index in [9.17, 15) is 4.39 Å². The third-order valence-corrected chi connectivity index (χ3v) is 1.85. The van der Waals surface area contributed by atoms with Crippen LogP contribution in [0.5, 0.6) is 11.5 Å². The molecule has 0 fully saturated rings. The first-order valence-electron chi connectivity index (χ1n) is 4.87. The SMILES string of the molecule is CCOc1cccc(CO)c1OCCF. The van der Waals surface area contributed by atoms with E-state index in [2.05, 4.69) is 0 Å². The van der Waals surface area contributed by atoms with E-state index in [-0.39, 0.29) is 13.2 Å². The Morgan fingerprint density at radius 2 is 2.13 bits per heavy atom. The number of hydrogen-bond donors (Lipinski definition) is 1. The van der Waals surface area contributed by atoms with Crippen LogP contribution in [-0.2, 0) is 6.61 Å². The second-order valence-corrected chi connectivity index (χ2v) is 2.87. The zero-order chi connectivity index (χ0) is 11.1. The van der Waals surface area contributed by atoms with Gasteiger partial charge in [-0.1, -0.05) is 12.1 Å². The molecule has 0 aliphatic heterocycles. The lowest BCUT2D eigenvalue weighted by atomic mass is 10.2. The van der Waals surface area contributed by atoms with Crippen molar-refractivity contribution in [2.75, 3.05) is 19.9 Å². The number of para-hydroxylation sites is 1. The van der Waals surface area contributed by atoms with E-state index >= 15 is 0 Å². The number of aliphatic hydroxyl groups excluding tert-OH is 1. The van der Waals surface area contributed by atoms with Gasteiger partial charge >= 0.3 is 0 Å². The Bertz CT molecular complexity index is 302. The second kappa shape index (κ2) is 6.24. The van der Waals surface area contributed by atoms with Crippen LogP contribution >= 0.6 is 0 Å². The minimum atomic E-state index is -0.564. The van der Waals surface area contributed by atoms with Crippen LogP contribution in [0.4, 0.5) is 4.39 Å². The number of alkyl halides is 1. The van der Waals surface area contributed by atoms with Crippen molar-refractivity contribution in [2.45, 2.75) is 13.5 Å². The zero-order valence-corrected chi connectivity index (χ0v) is 8.70. The molecule has 0 aliphatic rings. The highest BCUT2D eigenvalue weighted by Crippen LogP contribution is 2.31. The number of hydrogen-bond acceptors (Lipinski definition) is 3. The highest BCUT2D eigenvalue weighted by atomic mass is 19.1. The van der Waals surface area contributed by atoms with E-state index < -0.39 is 6.67 Å². The number of rotatable bonds is 6. The molecule has 0 spiro atoms. The molecule has 0 atom stereocenters. The molecule has 0 aliphatic carbocycles. The van der Waals surface area contributed by atoms with Gasteiger partial charge in [0.1, 0.15) is 13.3 Å². The van der Waals surface area contributed by atoms with Crippen molar-refractivity contribution in [3.63, 3.8) is 0 Å². The van der Waals surface area contributed by atoms with Crippen LogP contribution < -0.4 is 9.47 Å². The van der Waals surface area contributed by atoms with Crippen molar-refractivity contribution in [1.82, 2.24) is 0 Å². The van der Waals surface area contributed by atoms with E-state index in [4.69, 9.17) is 14.6 Å². The van der Waals surface area contributed by atoms with Crippen molar-refractivity contribution in [3.05, 3.63) is 23.8 Å². The summed E-state index contributed by atoms with van der Waals surface area (Å²) in [6.07, 6.45) is 0. The fourth-order valence-electron chi connectivity index (χ4n) is 1.26. The Labute approximate surface area is 88.4 Å². The Hall–Kier alpha value is -1.29. The van der Waals surface area contributed by atoms with Crippen LogP contribution in [0.3, 0.4) is 0 Å². The molecule has 0 saturated carbocycles. The molecule has 1 aromatic carbocycles. The first-order chi connectivity index (χ1) is 7.33. The third kappa shape index (κ3) is 3.09. The lowest BCUT2D eigenvalue weighted by Crippen LogP contribution is -2.04. The van der Waals surface area contributed by atoms with Crippen molar-refractivity contribution in [2.24, 2.45) is 0 Å². The van der Waals surface area contributed by atoms with Gasteiger partial charge in [0.15, 0.2) is 11.5 Å². The molecule has 1 aromatic rings. The first kappa shape index (κ1) is 11.8. The molecule has 1 rings (SSSR count). The van der Waals surface area contributed by atoms with Crippen molar-refractivity contribution < 1.29 is 19.0 Å². The maximum atomic E-state index is 12.0. The smallest absolute Gasteiger partial charge is 0.166 e. The average Bonchev–Trinajstić information content (AvgIpc) is 2.27. The topological polar surface area (TPSA) is 38.7 Å². The van der Waals surface area contributed by atoms with Gasteiger partial charge < -0.3 is 14.6 Å². The van der Waals surface area contributed by atoms with Gasteiger partial charge in [0.05, 0.1) is 13.2 Å². The van der Waals surface area contributed by atoms with Gasteiger partial charge in [0.2, 0.25) is 0 Å². The summed E-state index contributed by atoms with van der Waals surface area (Å²) in [7, 11) is 0. The maximum absolute atomic E-state index is 12.0. The van der Waals surface area contributed by atoms with Gasteiger partial charge in [0.25, 0.3) is 0 Å². The number of ether oxygens (including phenoxy) is 2. The molecule has 0 bridgehead atoms. The van der Waals surface area contributed by atoms with Crippen molar-refractivity contribution in [1.29, 1.82) is 0 Å². The van der Waals surface area contributed by atoms with Crippen LogP contribution in [0.1, 0.15) is 12.5 Å². The van der Waals surface area contributed by atoms with E-state index in [1.807, 2.05) is 6.92 Å². The van der Waals surface area contributed by atoms with Gasteiger partial charge in [-0.3, -0.25) is 0 Å². The summed E-state index contributed by atoms with van der Waals surface area (Å²) in [6.45, 7) is 1.61. The molecule has 3 nitrogen and oxygen atoms in total. The summed E-state index contributed by atoms with van der Waals surface area (Å²) in [5.41, 5.74) is 0.606.